The second-order valence-corrected chi connectivity index (χ2v) is 8.25. The zero-order valence-electron chi connectivity index (χ0n) is 17.8. The fourth-order valence-corrected chi connectivity index (χ4v) is 4.55. The highest BCUT2D eigenvalue weighted by Crippen LogP contribution is 2.30. The number of aromatic nitrogens is 1. The lowest BCUT2D eigenvalue weighted by Crippen LogP contribution is -2.58. The maximum Gasteiger partial charge on any atom is 0.253 e. The van der Waals surface area contributed by atoms with Crippen LogP contribution < -0.4 is 5.32 Å². The Bertz CT molecular complexity index is 837. The van der Waals surface area contributed by atoms with Crippen LogP contribution in [0.4, 0.5) is 0 Å². The maximum absolute atomic E-state index is 13.4. The van der Waals surface area contributed by atoms with Gasteiger partial charge in [-0.25, -0.2) is 0 Å². The molecule has 1 N–H and O–H groups in total. The van der Waals surface area contributed by atoms with E-state index in [1.54, 1.807) is 0 Å². The molecule has 1 aromatic carbocycles. The van der Waals surface area contributed by atoms with Crippen molar-refractivity contribution in [1.29, 1.82) is 0 Å². The highest BCUT2D eigenvalue weighted by Gasteiger charge is 2.40. The predicted octanol–water partition coefficient (Wildman–Crippen LogP) is 3.80. The zero-order valence-corrected chi connectivity index (χ0v) is 19.4. The molecule has 164 valence electrons. The first-order valence-corrected chi connectivity index (χ1v) is 10.3. The zero-order chi connectivity index (χ0) is 19.6. The van der Waals surface area contributed by atoms with Crippen LogP contribution in [0.3, 0.4) is 0 Å². The highest BCUT2D eigenvalue weighted by molar-refractivity contribution is 5.95. The predicted molar refractivity (Wildman–Crippen MR) is 127 cm³/mol. The smallest absolute Gasteiger partial charge is 0.253 e. The highest BCUT2D eigenvalue weighted by atomic mass is 35.5. The lowest BCUT2D eigenvalue weighted by Gasteiger charge is -2.45. The number of halogens is 2. The molecule has 2 saturated heterocycles. The van der Waals surface area contributed by atoms with Crippen molar-refractivity contribution in [1.82, 2.24) is 20.1 Å². The molecule has 1 spiro atoms. The minimum absolute atomic E-state index is 0. The van der Waals surface area contributed by atoms with E-state index in [9.17, 15) is 4.79 Å². The van der Waals surface area contributed by atoms with Gasteiger partial charge in [0, 0.05) is 48.2 Å². The van der Waals surface area contributed by atoms with Crippen LogP contribution in [0.25, 0.3) is 11.1 Å². The normalized spacial score (nSPS) is 18.8. The summed E-state index contributed by atoms with van der Waals surface area (Å²) in [6.07, 6.45) is 5.10. The van der Waals surface area contributed by atoms with Gasteiger partial charge >= 0.3 is 0 Å². The molecule has 7 heteroatoms. The summed E-state index contributed by atoms with van der Waals surface area (Å²) in [5.41, 5.74) is 3.96. The summed E-state index contributed by atoms with van der Waals surface area (Å²) < 4.78 is 0. The Balaban J connectivity index is 0.00000160. The maximum atomic E-state index is 13.4. The van der Waals surface area contributed by atoms with Gasteiger partial charge in [-0.1, -0.05) is 18.2 Å². The molecule has 5 nitrogen and oxygen atoms in total. The first-order valence-electron chi connectivity index (χ1n) is 10.3. The number of aryl methyl sites for hydroxylation is 1. The molecule has 2 aromatic rings. The minimum Gasteiger partial charge on any atom is -0.337 e. The van der Waals surface area contributed by atoms with Gasteiger partial charge < -0.3 is 10.2 Å². The number of nitrogens with zero attached hydrogens (tertiary/aromatic N) is 3. The largest absolute Gasteiger partial charge is 0.337 e. The number of hydrogen-bond donors (Lipinski definition) is 1. The van der Waals surface area contributed by atoms with Gasteiger partial charge in [0.1, 0.15) is 0 Å². The van der Waals surface area contributed by atoms with E-state index in [4.69, 9.17) is 0 Å². The van der Waals surface area contributed by atoms with Gasteiger partial charge in [-0.2, -0.15) is 0 Å². The van der Waals surface area contributed by atoms with Crippen LogP contribution in [0.5, 0.6) is 0 Å². The van der Waals surface area contributed by atoms with Crippen LogP contribution >= 0.6 is 24.8 Å². The Morgan fingerprint density at radius 3 is 2.53 bits per heavy atom. The average Bonchev–Trinajstić information content (AvgIpc) is 2.88. The number of nitrogens with one attached hydrogen (secondary N) is 1. The number of rotatable bonds is 2. The van der Waals surface area contributed by atoms with E-state index in [1.807, 2.05) is 43.5 Å². The van der Waals surface area contributed by atoms with Crippen LogP contribution in [-0.4, -0.2) is 66.0 Å². The molecule has 2 fully saturated rings. The third-order valence-corrected chi connectivity index (χ3v) is 6.39. The van der Waals surface area contributed by atoms with Gasteiger partial charge in [0.25, 0.3) is 5.91 Å². The lowest BCUT2D eigenvalue weighted by molar-refractivity contribution is 0.0507. The van der Waals surface area contributed by atoms with Crippen molar-refractivity contribution in [2.45, 2.75) is 31.7 Å². The van der Waals surface area contributed by atoms with Crippen molar-refractivity contribution in [3.63, 3.8) is 0 Å². The third kappa shape index (κ3) is 5.14. The first-order chi connectivity index (χ1) is 13.6. The summed E-state index contributed by atoms with van der Waals surface area (Å²) >= 11 is 0. The number of likely N-dealkylation sites (N-methyl/N-ethyl adjacent to an activating group) is 1. The molecule has 1 aromatic heterocycles. The fourth-order valence-electron chi connectivity index (χ4n) is 4.55. The Morgan fingerprint density at radius 2 is 1.83 bits per heavy atom. The van der Waals surface area contributed by atoms with E-state index < -0.39 is 0 Å². The van der Waals surface area contributed by atoms with Crippen LogP contribution in [0, 0.1) is 6.92 Å². The Kier molecular flexibility index (Phi) is 8.68. The molecule has 0 aliphatic carbocycles. The molecular formula is C23H32Cl2N4O. The van der Waals surface area contributed by atoms with Gasteiger partial charge in [0.2, 0.25) is 0 Å². The molecule has 0 bridgehead atoms. The number of piperidine rings is 1. The standard InChI is InChI=1S/C23H30N4O.2ClH/c1-18-7-8-21(16-25-18)19-5-3-6-20(15-19)22(28)27-14-4-13-26(2)23(17-27)9-11-24-12-10-23;;/h3,5-8,15-16,24H,4,9-14,17H2,1-2H3;2*1H. The number of pyridine rings is 1. The van der Waals surface area contributed by atoms with E-state index in [-0.39, 0.29) is 36.3 Å². The number of hydrogen-bond acceptors (Lipinski definition) is 4. The van der Waals surface area contributed by atoms with E-state index in [2.05, 4.69) is 33.2 Å². The van der Waals surface area contributed by atoms with Gasteiger partial charge in [0.05, 0.1) is 0 Å². The van der Waals surface area contributed by atoms with E-state index in [1.165, 1.54) is 0 Å². The van der Waals surface area contributed by atoms with Crippen molar-refractivity contribution in [3.05, 3.63) is 53.9 Å². The summed E-state index contributed by atoms with van der Waals surface area (Å²) in [4.78, 5) is 22.4. The number of carbonyl (C=O) groups is 1. The molecule has 0 atom stereocenters. The van der Waals surface area contributed by atoms with Crippen LogP contribution in [0.1, 0.15) is 35.3 Å². The second kappa shape index (κ2) is 10.6. The Hall–Kier alpha value is -1.66. The quantitative estimate of drug-likeness (QED) is 0.755. The van der Waals surface area contributed by atoms with E-state index in [0.29, 0.717) is 0 Å². The second-order valence-electron chi connectivity index (χ2n) is 8.25. The first kappa shape index (κ1) is 24.6. The molecular weight excluding hydrogens is 419 g/mol. The average molecular weight is 451 g/mol. The molecule has 30 heavy (non-hydrogen) atoms. The van der Waals surface area contributed by atoms with Crippen molar-refractivity contribution in [3.8, 4) is 11.1 Å². The van der Waals surface area contributed by atoms with Crippen molar-refractivity contribution >= 4 is 30.7 Å². The van der Waals surface area contributed by atoms with Gasteiger partial charge in [-0.3, -0.25) is 14.7 Å². The summed E-state index contributed by atoms with van der Waals surface area (Å²) in [6.45, 7) is 6.75. The number of benzene rings is 1. The minimum atomic E-state index is 0. The molecule has 0 saturated carbocycles. The molecule has 3 heterocycles. The van der Waals surface area contributed by atoms with Crippen molar-refractivity contribution in [2.75, 3.05) is 39.8 Å². The monoisotopic (exact) mass is 450 g/mol. The van der Waals surface area contributed by atoms with Gasteiger partial charge in [-0.05, 0) is 70.1 Å². The van der Waals surface area contributed by atoms with E-state index in [0.717, 1.165) is 74.4 Å². The SMILES string of the molecule is Cc1ccc(-c2cccc(C(=O)N3CCCN(C)C4(CCNCC4)C3)c2)cn1.Cl.Cl. The van der Waals surface area contributed by atoms with Crippen molar-refractivity contribution < 1.29 is 4.79 Å². The van der Waals surface area contributed by atoms with Crippen molar-refractivity contribution in [2.24, 2.45) is 0 Å². The Morgan fingerprint density at radius 1 is 1.07 bits per heavy atom. The summed E-state index contributed by atoms with van der Waals surface area (Å²) in [5, 5.41) is 3.47. The molecule has 4 rings (SSSR count). The van der Waals surface area contributed by atoms with Gasteiger partial charge in [-0.15, -0.1) is 24.8 Å². The summed E-state index contributed by atoms with van der Waals surface area (Å²) in [5.74, 6) is 0.148. The fraction of sp³-hybridized carbons (Fsp3) is 0.478. The molecule has 0 unspecified atom stereocenters. The van der Waals surface area contributed by atoms with Crippen LogP contribution in [0.2, 0.25) is 0 Å². The number of carbonyl (C=O) groups excluding carboxylic acids is 1. The topological polar surface area (TPSA) is 48.5 Å². The lowest BCUT2D eigenvalue weighted by atomic mass is 9.86. The molecule has 2 aliphatic rings. The summed E-state index contributed by atoms with van der Waals surface area (Å²) in [7, 11) is 2.23. The van der Waals surface area contributed by atoms with E-state index >= 15 is 0 Å². The molecule has 2 aliphatic heterocycles. The van der Waals surface area contributed by atoms with Crippen LogP contribution in [0.15, 0.2) is 42.6 Å². The number of amides is 1. The van der Waals surface area contributed by atoms with Gasteiger partial charge in [0.15, 0.2) is 0 Å². The van der Waals surface area contributed by atoms with Crippen LogP contribution in [-0.2, 0) is 0 Å². The Labute approximate surface area is 192 Å². The summed E-state index contributed by atoms with van der Waals surface area (Å²) in [6, 6.07) is 12.1. The third-order valence-electron chi connectivity index (χ3n) is 6.39. The molecule has 0 radical (unpaired) electrons. The molecule has 1 amide bonds.